The Morgan fingerprint density at radius 2 is 2.29 bits per heavy atom. The molecule has 1 aliphatic rings. The van der Waals surface area contributed by atoms with Gasteiger partial charge in [0.25, 0.3) is 0 Å². The lowest BCUT2D eigenvalue weighted by molar-refractivity contribution is 0.396. The molecule has 1 heterocycles. The highest BCUT2D eigenvalue weighted by atomic mass is 16.3. The fraction of sp³-hybridized carbons (Fsp3) is 0.667. The van der Waals surface area contributed by atoms with Crippen molar-refractivity contribution >= 4 is 0 Å². The molecule has 78 valence electrons. The first kappa shape index (κ1) is 9.78. The molecule has 0 aliphatic heterocycles. The van der Waals surface area contributed by atoms with Crippen molar-refractivity contribution in [3.8, 4) is 0 Å². The molecule has 1 aromatic heterocycles. The highest BCUT2D eigenvalue weighted by Crippen LogP contribution is 2.24. The largest absolute Gasteiger partial charge is 0.468 e. The summed E-state index contributed by atoms with van der Waals surface area (Å²) in [5, 5.41) is 3.53. The number of furan rings is 1. The zero-order chi connectivity index (χ0) is 9.80. The fourth-order valence-corrected chi connectivity index (χ4v) is 2.20. The Balaban J connectivity index is 1.74. The van der Waals surface area contributed by atoms with Gasteiger partial charge in [-0.2, -0.15) is 0 Å². The first-order valence-electron chi connectivity index (χ1n) is 5.63. The van der Waals surface area contributed by atoms with E-state index in [1.165, 1.54) is 25.7 Å². The minimum atomic E-state index is 0.352. The summed E-state index contributed by atoms with van der Waals surface area (Å²) < 4.78 is 5.35. The van der Waals surface area contributed by atoms with E-state index in [0.717, 1.165) is 18.2 Å². The lowest BCUT2D eigenvalue weighted by atomic mass is 10.1. The van der Waals surface area contributed by atoms with E-state index in [0.29, 0.717) is 6.04 Å². The topological polar surface area (TPSA) is 25.2 Å². The van der Waals surface area contributed by atoms with Crippen LogP contribution in [0.2, 0.25) is 0 Å². The van der Waals surface area contributed by atoms with Crippen LogP contribution < -0.4 is 5.32 Å². The highest BCUT2D eigenvalue weighted by molar-refractivity contribution is 5.02. The van der Waals surface area contributed by atoms with Gasteiger partial charge in [-0.15, -0.1) is 0 Å². The van der Waals surface area contributed by atoms with Crippen LogP contribution in [0.25, 0.3) is 0 Å². The van der Waals surface area contributed by atoms with E-state index >= 15 is 0 Å². The molecular weight excluding hydrogens is 174 g/mol. The minimum Gasteiger partial charge on any atom is -0.468 e. The first-order chi connectivity index (χ1) is 6.86. The van der Waals surface area contributed by atoms with Crippen LogP contribution >= 0.6 is 0 Å². The predicted octanol–water partition coefficient (Wildman–Crippen LogP) is 3.12. The van der Waals surface area contributed by atoms with Crippen molar-refractivity contribution in [2.75, 3.05) is 6.54 Å². The number of nitrogens with one attached hydrogen (secondary N) is 1. The van der Waals surface area contributed by atoms with Crippen LogP contribution in [0, 0.1) is 5.92 Å². The smallest absolute Gasteiger partial charge is 0.120 e. The van der Waals surface area contributed by atoms with Gasteiger partial charge in [-0.1, -0.05) is 12.8 Å². The molecule has 1 fully saturated rings. The number of hydrogen-bond donors (Lipinski definition) is 1. The van der Waals surface area contributed by atoms with Crippen LogP contribution in [0.3, 0.4) is 0 Å². The van der Waals surface area contributed by atoms with Crippen molar-refractivity contribution < 1.29 is 4.42 Å². The molecule has 1 saturated carbocycles. The van der Waals surface area contributed by atoms with Crippen molar-refractivity contribution in [2.24, 2.45) is 5.92 Å². The Kier molecular flexibility index (Phi) is 3.25. The van der Waals surface area contributed by atoms with Gasteiger partial charge in [0.2, 0.25) is 0 Å². The van der Waals surface area contributed by atoms with E-state index in [2.05, 4.69) is 12.2 Å². The summed E-state index contributed by atoms with van der Waals surface area (Å²) in [6.45, 7) is 3.30. The maximum Gasteiger partial charge on any atom is 0.120 e. The van der Waals surface area contributed by atoms with Crippen LogP contribution in [0.4, 0.5) is 0 Å². The third-order valence-electron chi connectivity index (χ3n) is 3.16. The van der Waals surface area contributed by atoms with Gasteiger partial charge in [-0.3, -0.25) is 0 Å². The van der Waals surface area contributed by atoms with Crippen LogP contribution in [0.15, 0.2) is 22.8 Å². The Morgan fingerprint density at radius 1 is 1.50 bits per heavy atom. The maximum absolute atomic E-state index is 5.35. The Bertz CT molecular complexity index is 249. The Morgan fingerprint density at radius 3 is 2.93 bits per heavy atom. The van der Waals surface area contributed by atoms with Gasteiger partial charge >= 0.3 is 0 Å². The minimum absolute atomic E-state index is 0.352. The van der Waals surface area contributed by atoms with Gasteiger partial charge in [0.15, 0.2) is 0 Å². The second-order valence-corrected chi connectivity index (χ2v) is 4.30. The average molecular weight is 193 g/mol. The van der Waals surface area contributed by atoms with E-state index in [4.69, 9.17) is 4.42 Å². The fourth-order valence-electron chi connectivity index (χ4n) is 2.20. The summed E-state index contributed by atoms with van der Waals surface area (Å²) in [7, 11) is 0. The molecule has 1 aliphatic carbocycles. The van der Waals surface area contributed by atoms with E-state index in [9.17, 15) is 0 Å². The van der Waals surface area contributed by atoms with Gasteiger partial charge < -0.3 is 9.73 Å². The molecule has 0 amide bonds. The molecule has 2 nitrogen and oxygen atoms in total. The molecule has 14 heavy (non-hydrogen) atoms. The molecule has 0 saturated heterocycles. The number of rotatable bonds is 4. The third kappa shape index (κ3) is 2.38. The second-order valence-electron chi connectivity index (χ2n) is 4.30. The molecule has 0 bridgehead atoms. The summed E-state index contributed by atoms with van der Waals surface area (Å²) in [6.07, 6.45) is 7.38. The molecule has 2 heteroatoms. The standard InChI is InChI=1S/C12H19NO/c1-10(12-7-4-8-14-12)13-9-11-5-2-3-6-11/h4,7-8,10-11,13H,2-3,5-6,9H2,1H3/t10-/m1/s1. The SMILES string of the molecule is C[C@@H](NCC1CCCC1)c1ccco1. The zero-order valence-electron chi connectivity index (χ0n) is 8.83. The average Bonchev–Trinajstić information content (AvgIpc) is 2.87. The summed E-state index contributed by atoms with van der Waals surface area (Å²) in [4.78, 5) is 0. The van der Waals surface area contributed by atoms with Crippen LogP contribution in [0.5, 0.6) is 0 Å². The van der Waals surface area contributed by atoms with E-state index in [-0.39, 0.29) is 0 Å². The molecule has 1 atom stereocenters. The zero-order valence-corrected chi connectivity index (χ0v) is 8.83. The highest BCUT2D eigenvalue weighted by Gasteiger charge is 2.16. The van der Waals surface area contributed by atoms with Gasteiger partial charge in [-0.05, 0) is 44.4 Å². The van der Waals surface area contributed by atoms with Gasteiger partial charge in [0, 0.05) is 0 Å². The predicted molar refractivity (Wildman–Crippen MR) is 57.1 cm³/mol. The summed E-state index contributed by atoms with van der Waals surface area (Å²) in [6, 6.07) is 4.33. The van der Waals surface area contributed by atoms with Crippen molar-refractivity contribution in [2.45, 2.75) is 38.6 Å². The quantitative estimate of drug-likeness (QED) is 0.794. The van der Waals surface area contributed by atoms with Gasteiger partial charge in [-0.25, -0.2) is 0 Å². The van der Waals surface area contributed by atoms with E-state index in [1.807, 2.05) is 12.1 Å². The lowest BCUT2D eigenvalue weighted by Crippen LogP contribution is -2.24. The monoisotopic (exact) mass is 193 g/mol. The Hall–Kier alpha value is -0.760. The maximum atomic E-state index is 5.35. The van der Waals surface area contributed by atoms with Crippen molar-refractivity contribution in [1.29, 1.82) is 0 Å². The third-order valence-corrected chi connectivity index (χ3v) is 3.16. The van der Waals surface area contributed by atoms with Crippen molar-refractivity contribution in [3.63, 3.8) is 0 Å². The molecule has 0 spiro atoms. The number of hydrogen-bond acceptors (Lipinski definition) is 2. The van der Waals surface area contributed by atoms with Crippen molar-refractivity contribution in [1.82, 2.24) is 5.32 Å². The molecular formula is C12H19NO. The summed E-state index contributed by atoms with van der Waals surface area (Å²) in [5.41, 5.74) is 0. The van der Waals surface area contributed by atoms with Crippen LogP contribution in [-0.4, -0.2) is 6.54 Å². The molecule has 1 N–H and O–H groups in total. The molecule has 0 radical (unpaired) electrons. The first-order valence-corrected chi connectivity index (χ1v) is 5.63. The molecule has 0 aromatic carbocycles. The second kappa shape index (κ2) is 4.65. The normalized spacial score (nSPS) is 20.1. The Labute approximate surface area is 85.7 Å². The lowest BCUT2D eigenvalue weighted by Gasteiger charge is -2.14. The van der Waals surface area contributed by atoms with E-state index in [1.54, 1.807) is 6.26 Å². The van der Waals surface area contributed by atoms with Gasteiger partial charge in [0.1, 0.15) is 5.76 Å². The molecule has 2 rings (SSSR count). The van der Waals surface area contributed by atoms with E-state index < -0.39 is 0 Å². The van der Waals surface area contributed by atoms with Crippen molar-refractivity contribution in [3.05, 3.63) is 24.2 Å². The van der Waals surface area contributed by atoms with Gasteiger partial charge in [0.05, 0.1) is 12.3 Å². The van der Waals surface area contributed by atoms with Crippen LogP contribution in [-0.2, 0) is 0 Å². The summed E-state index contributed by atoms with van der Waals surface area (Å²) in [5.74, 6) is 1.94. The molecule has 1 aromatic rings. The molecule has 0 unspecified atom stereocenters. The van der Waals surface area contributed by atoms with Crippen LogP contribution in [0.1, 0.15) is 44.4 Å². The summed E-state index contributed by atoms with van der Waals surface area (Å²) >= 11 is 0.